The Morgan fingerprint density at radius 2 is 0.550 bits per heavy atom. The number of aromatic nitrogens is 3. The van der Waals surface area contributed by atoms with E-state index < -0.39 is 0 Å². The van der Waals surface area contributed by atoms with Crippen LogP contribution in [0.15, 0.2) is 224 Å². The van der Waals surface area contributed by atoms with Crippen LogP contribution in [-0.4, -0.2) is 15.0 Å². The summed E-state index contributed by atoms with van der Waals surface area (Å²) in [6.45, 7) is 0. The summed E-state index contributed by atoms with van der Waals surface area (Å²) in [6.07, 6.45) is 0. The van der Waals surface area contributed by atoms with E-state index in [0.29, 0.717) is 17.5 Å². The van der Waals surface area contributed by atoms with Crippen molar-refractivity contribution in [2.75, 3.05) is 0 Å². The van der Waals surface area contributed by atoms with Gasteiger partial charge in [0.05, 0.1) is 0 Å². The zero-order chi connectivity index (χ0) is 39.8. The molecule has 3 nitrogen and oxygen atoms in total. The van der Waals surface area contributed by atoms with Crippen molar-refractivity contribution in [3.63, 3.8) is 0 Å². The van der Waals surface area contributed by atoms with Gasteiger partial charge in [0, 0.05) is 22.3 Å². The summed E-state index contributed by atoms with van der Waals surface area (Å²) in [4.78, 5) is 15.6. The van der Waals surface area contributed by atoms with Crippen LogP contribution in [0.25, 0.3) is 111 Å². The van der Waals surface area contributed by atoms with Crippen molar-refractivity contribution in [2.24, 2.45) is 0 Å². The number of nitrogens with zero attached hydrogens (tertiary/aromatic N) is 3. The lowest BCUT2D eigenvalue weighted by Gasteiger charge is -2.19. The molecule has 1 aromatic heterocycles. The molecule has 60 heavy (non-hydrogen) atoms. The van der Waals surface area contributed by atoms with Crippen molar-refractivity contribution >= 4 is 32.3 Å². The number of benzene rings is 10. The van der Waals surface area contributed by atoms with Crippen molar-refractivity contribution in [1.29, 1.82) is 0 Å². The molecule has 0 aliphatic rings. The maximum Gasteiger partial charge on any atom is 0.164 e. The molecule has 11 aromatic rings. The smallest absolute Gasteiger partial charge is 0.164 e. The topological polar surface area (TPSA) is 38.7 Å². The Morgan fingerprint density at radius 1 is 0.217 bits per heavy atom. The second kappa shape index (κ2) is 15.1. The van der Waals surface area contributed by atoms with Crippen LogP contribution in [0.4, 0.5) is 0 Å². The van der Waals surface area contributed by atoms with Crippen LogP contribution in [0, 0.1) is 0 Å². The minimum absolute atomic E-state index is 0.627. The highest BCUT2D eigenvalue weighted by Crippen LogP contribution is 2.45. The fraction of sp³-hybridized carbons (Fsp3) is 0. The Labute approximate surface area is 349 Å². The molecular formula is C57H37N3. The van der Waals surface area contributed by atoms with E-state index in [-0.39, 0.29) is 0 Å². The van der Waals surface area contributed by atoms with Gasteiger partial charge in [0.1, 0.15) is 0 Å². The van der Waals surface area contributed by atoms with Crippen molar-refractivity contribution in [3.05, 3.63) is 224 Å². The van der Waals surface area contributed by atoms with Gasteiger partial charge in [-0.15, -0.1) is 0 Å². The van der Waals surface area contributed by atoms with Crippen molar-refractivity contribution < 1.29 is 0 Å². The molecule has 0 bridgehead atoms. The molecule has 0 N–H and O–H groups in total. The Morgan fingerprint density at radius 3 is 1.05 bits per heavy atom. The van der Waals surface area contributed by atoms with Crippen LogP contribution in [0.2, 0.25) is 0 Å². The quantitative estimate of drug-likeness (QED) is 0.152. The zero-order valence-corrected chi connectivity index (χ0v) is 32.7. The molecule has 10 aromatic carbocycles. The maximum absolute atomic E-state index is 5.27. The zero-order valence-electron chi connectivity index (χ0n) is 32.7. The molecule has 280 valence electrons. The van der Waals surface area contributed by atoms with Gasteiger partial charge in [0.25, 0.3) is 0 Å². The van der Waals surface area contributed by atoms with Crippen LogP contribution in [0.1, 0.15) is 0 Å². The molecule has 0 spiro atoms. The van der Waals surface area contributed by atoms with E-state index >= 15 is 0 Å². The second-order valence-electron chi connectivity index (χ2n) is 15.1. The monoisotopic (exact) mass is 763 g/mol. The molecule has 0 atom stereocenters. The highest BCUT2D eigenvalue weighted by atomic mass is 15.0. The van der Waals surface area contributed by atoms with E-state index in [9.17, 15) is 0 Å². The lowest BCUT2D eigenvalue weighted by Crippen LogP contribution is -2.01. The minimum Gasteiger partial charge on any atom is -0.208 e. The Balaban J connectivity index is 1.15. The van der Waals surface area contributed by atoms with Crippen LogP contribution >= 0.6 is 0 Å². The van der Waals surface area contributed by atoms with Crippen molar-refractivity contribution in [3.8, 4) is 78.7 Å². The largest absolute Gasteiger partial charge is 0.208 e. The molecule has 0 aliphatic heterocycles. The van der Waals surface area contributed by atoms with Crippen molar-refractivity contribution in [1.82, 2.24) is 15.0 Å². The first-order valence-electron chi connectivity index (χ1n) is 20.4. The number of fused-ring (bicyclic) bond motifs is 6. The van der Waals surface area contributed by atoms with E-state index in [1.807, 2.05) is 36.4 Å². The third-order valence-corrected chi connectivity index (χ3v) is 11.5. The van der Waals surface area contributed by atoms with Gasteiger partial charge in [-0.1, -0.05) is 200 Å². The van der Waals surface area contributed by atoms with E-state index in [0.717, 1.165) is 38.9 Å². The highest BCUT2D eigenvalue weighted by Gasteiger charge is 2.21. The van der Waals surface area contributed by atoms with Crippen LogP contribution < -0.4 is 0 Å². The molecule has 0 aliphatic carbocycles. The SMILES string of the molecule is c1ccc(-c2cccc(-c3cccc(-c4cccc(-c5c(-c6nc(-c7ccccc7)nc(-c7ccccc7)n6)ccc6c7ccccc7c7ccccc7c56)c4)c3)c2)cc1. The van der Waals surface area contributed by atoms with E-state index in [1.54, 1.807) is 0 Å². The summed E-state index contributed by atoms with van der Waals surface area (Å²) < 4.78 is 0. The number of hydrogen-bond acceptors (Lipinski definition) is 3. The van der Waals surface area contributed by atoms with Gasteiger partial charge in [0.2, 0.25) is 0 Å². The Kier molecular flexibility index (Phi) is 8.83. The summed E-state index contributed by atoms with van der Waals surface area (Å²) in [5.74, 6) is 1.90. The average Bonchev–Trinajstić information content (AvgIpc) is 3.34. The molecular weight excluding hydrogens is 727 g/mol. The maximum atomic E-state index is 5.27. The fourth-order valence-electron chi connectivity index (χ4n) is 8.65. The highest BCUT2D eigenvalue weighted by molar-refractivity contribution is 6.29. The van der Waals surface area contributed by atoms with Crippen LogP contribution in [0.5, 0.6) is 0 Å². The van der Waals surface area contributed by atoms with Crippen LogP contribution in [-0.2, 0) is 0 Å². The molecule has 1 heterocycles. The first-order chi connectivity index (χ1) is 29.7. The molecule has 0 saturated carbocycles. The predicted octanol–water partition coefficient (Wildman–Crippen LogP) is 15.0. The fourth-order valence-corrected chi connectivity index (χ4v) is 8.65. The van der Waals surface area contributed by atoms with Gasteiger partial charge >= 0.3 is 0 Å². The van der Waals surface area contributed by atoms with Gasteiger partial charge in [-0.05, 0) is 95.5 Å². The molecule has 11 rings (SSSR count). The lowest BCUT2D eigenvalue weighted by atomic mass is 9.86. The summed E-state index contributed by atoms with van der Waals surface area (Å²) in [5.41, 5.74) is 12.0. The molecule has 3 heteroatoms. The van der Waals surface area contributed by atoms with Crippen molar-refractivity contribution in [2.45, 2.75) is 0 Å². The average molecular weight is 764 g/mol. The summed E-state index contributed by atoms with van der Waals surface area (Å²) >= 11 is 0. The van der Waals surface area contributed by atoms with Gasteiger partial charge in [-0.25, -0.2) is 15.0 Å². The third kappa shape index (κ3) is 6.39. The van der Waals surface area contributed by atoms with Gasteiger partial charge in [-0.2, -0.15) is 0 Å². The predicted molar refractivity (Wildman–Crippen MR) is 250 cm³/mol. The van der Waals surface area contributed by atoms with E-state index in [1.165, 1.54) is 54.6 Å². The standard InChI is InChI=1S/C57H37N3/c1-4-17-38(18-5-1)41-23-14-24-42(35-41)43-25-15-26-44(36-43)45-27-16-28-46(37-45)53-52(34-33-51-49-31-11-10-29-47(49)48-30-12-13-32-50(48)54(51)53)57-59-55(39-19-6-2-7-20-39)58-56(60-57)40-21-8-3-9-22-40/h1-37H. The summed E-state index contributed by atoms with van der Waals surface area (Å²) in [7, 11) is 0. The lowest BCUT2D eigenvalue weighted by molar-refractivity contribution is 1.07. The molecule has 0 unspecified atom stereocenters. The third-order valence-electron chi connectivity index (χ3n) is 11.5. The van der Waals surface area contributed by atoms with E-state index in [4.69, 9.17) is 15.0 Å². The Hall–Kier alpha value is -8.01. The Bertz CT molecular complexity index is 3270. The summed E-state index contributed by atoms with van der Waals surface area (Å²) in [6, 6.07) is 79.6. The van der Waals surface area contributed by atoms with Gasteiger partial charge in [-0.3, -0.25) is 0 Å². The molecule has 0 fully saturated rings. The molecule has 0 saturated heterocycles. The number of rotatable bonds is 7. The summed E-state index contributed by atoms with van der Waals surface area (Å²) in [5, 5.41) is 7.22. The van der Waals surface area contributed by atoms with Crippen LogP contribution in [0.3, 0.4) is 0 Å². The van der Waals surface area contributed by atoms with Gasteiger partial charge < -0.3 is 0 Å². The number of hydrogen-bond donors (Lipinski definition) is 0. The molecule has 0 amide bonds. The second-order valence-corrected chi connectivity index (χ2v) is 15.1. The first-order valence-corrected chi connectivity index (χ1v) is 20.4. The molecule has 0 radical (unpaired) electrons. The van der Waals surface area contributed by atoms with Gasteiger partial charge in [0.15, 0.2) is 17.5 Å². The normalized spacial score (nSPS) is 11.3. The van der Waals surface area contributed by atoms with E-state index in [2.05, 4.69) is 188 Å². The minimum atomic E-state index is 0.627. The first kappa shape index (κ1) is 35.2.